The molecule has 10 heteroatoms. The van der Waals surface area contributed by atoms with Crippen LogP contribution >= 0.6 is 11.6 Å². The zero-order valence-corrected chi connectivity index (χ0v) is 19.3. The lowest BCUT2D eigenvalue weighted by Gasteiger charge is -2.19. The molecule has 0 spiro atoms. The van der Waals surface area contributed by atoms with Crippen molar-refractivity contribution >= 4 is 40.0 Å². The van der Waals surface area contributed by atoms with Gasteiger partial charge in [0.15, 0.2) is 5.65 Å². The second-order valence-electron chi connectivity index (χ2n) is 8.79. The molecule has 0 aliphatic rings. The van der Waals surface area contributed by atoms with Crippen molar-refractivity contribution in [1.82, 2.24) is 15.2 Å². The van der Waals surface area contributed by atoms with Gasteiger partial charge in [-0.05, 0) is 47.5 Å². The van der Waals surface area contributed by atoms with Crippen molar-refractivity contribution in [3.63, 3.8) is 0 Å². The molecular formula is C24H21ClF3N5O. The Balaban J connectivity index is 1.55. The van der Waals surface area contributed by atoms with E-state index in [1.54, 1.807) is 18.3 Å². The quantitative estimate of drug-likeness (QED) is 0.285. The van der Waals surface area contributed by atoms with Crippen LogP contribution in [0.1, 0.15) is 32.0 Å². The zero-order chi connectivity index (χ0) is 24.7. The Morgan fingerprint density at radius 2 is 1.71 bits per heavy atom. The summed E-state index contributed by atoms with van der Waals surface area (Å²) in [6.45, 7) is 6.22. The van der Waals surface area contributed by atoms with Crippen LogP contribution in [0.3, 0.4) is 0 Å². The molecule has 0 aliphatic heterocycles. The minimum Gasteiger partial charge on any atom is -0.308 e. The van der Waals surface area contributed by atoms with Gasteiger partial charge in [0.05, 0.1) is 22.5 Å². The summed E-state index contributed by atoms with van der Waals surface area (Å²) in [5, 5.41) is 12.8. The van der Waals surface area contributed by atoms with E-state index < -0.39 is 17.8 Å². The van der Waals surface area contributed by atoms with Crippen LogP contribution in [-0.4, -0.2) is 21.2 Å². The third-order valence-corrected chi connectivity index (χ3v) is 5.52. The first-order chi connectivity index (χ1) is 15.9. The zero-order valence-electron chi connectivity index (χ0n) is 18.5. The summed E-state index contributed by atoms with van der Waals surface area (Å²) in [5.74, 6) is 0. The minimum atomic E-state index is -4.55. The van der Waals surface area contributed by atoms with Crippen molar-refractivity contribution in [2.75, 3.05) is 10.6 Å². The van der Waals surface area contributed by atoms with Gasteiger partial charge in [0, 0.05) is 22.2 Å². The molecule has 0 radical (unpaired) electrons. The van der Waals surface area contributed by atoms with E-state index in [0.717, 1.165) is 40.4 Å². The average Bonchev–Trinajstić information content (AvgIpc) is 3.22. The number of nitrogens with zero attached hydrogens (tertiary/aromatic N) is 2. The summed E-state index contributed by atoms with van der Waals surface area (Å²) in [5.41, 5.74) is 2.66. The van der Waals surface area contributed by atoms with E-state index in [2.05, 4.69) is 46.6 Å². The number of alkyl halides is 3. The molecule has 0 fully saturated rings. The Hall–Kier alpha value is -3.59. The number of nitrogens with one attached hydrogen (secondary N) is 3. The highest BCUT2D eigenvalue weighted by Gasteiger charge is 2.31. The van der Waals surface area contributed by atoms with E-state index in [9.17, 15) is 18.0 Å². The number of pyridine rings is 1. The Labute approximate surface area is 198 Å². The van der Waals surface area contributed by atoms with Gasteiger partial charge in [0.2, 0.25) is 0 Å². The molecule has 0 unspecified atom stereocenters. The summed E-state index contributed by atoms with van der Waals surface area (Å²) >= 11 is 5.94. The van der Waals surface area contributed by atoms with Gasteiger partial charge >= 0.3 is 12.2 Å². The van der Waals surface area contributed by atoms with Crippen molar-refractivity contribution in [3.05, 3.63) is 71.0 Å². The van der Waals surface area contributed by atoms with Crippen molar-refractivity contribution < 1.29 is 18.0 Å². The summed E-state index contributed by atoms with van der Waals surface area (Å²) in [7, 11) is 0. The second kappa shape index (κ2) is 8.64. The van der Waals surface area contributed by atoms with Crippen LogP contribution in [0.15, 0.2) is 54.7 Å². The molecule has 176 valence electrons. The number of amides is 2. The molecule has 0 bridgehead atoms. The fourth-order valence-electron chi connectivity index (χ4n) is 3.37. The average molecular weight is 488 g/mol. The summed E-state index contributed by atoms with van der Waals surface area (Å²) in [6.07, 6.45) is -2.84. The molecule has 2 heterocycles. The van der Waals surface area contributed by atoms with Gasteiger partial charge in [-0.2, -0.15) is 18.3 Å². The maximum atomic E-state index is 12.9. The van der Waals surface area contributed by atoms with Crippen molar-refractivity contribution in [3.8, 4) is 11.1 Å². The molecule has 3 N–H and O–H groups in total. The molecule has 0 atom stereocenters. The normalized spacial score (nSPS) is 12.1. The highest BCUT2D eigenvalue weighted by molar-refractivity contribution is 6.33. The summed E-state index contributed by atoms with van der Waals surface area (Å²) < 4.78 is 38.8. The van der Waals surface area contributed by atoms with E-state index >= 15 is 0 Å². The predicted molar refractivity (Wildman–Crippen MR) is 127 cm³/mol. The van der Waals surface area contributed by atoms with Crippen LogP contribution in [0.5, 0.6) is 0 Å². The third-order valence-electron chi connectivity index (χ3n) is 5.19. The van der Waals surface area contributed by atoms with Crippen molar-refractivity contribution in [2.24, 2.45) is 0 Å². The number of H-pyrrole nitrogens is 1. The number of rotatable bonds is 3. The maximum absolute atomic E-state index is 12.9. The lowest BCUT2D eigenvalue weighted by molar-refractivity contribution is -0.137. The SMILES string of the molecule is CC(C)(C)c1cc(-c2ccc(NC(=O)Nc3cc(C(F)(F)F)ccc3Cl)cc2)c2cn[nH]c2n1. The highest BCUT2D eigenvalue weighted by Crippen LogP contribution is 2.34. The fourth-order valence-corrected chi connectivity index (χ4v) is 3.53. The number of carbonyl (C=O) groups excluding carboxylic acids is 1. The van der Waals surface area contributed by atoms with Crippen LogP contribution in [0, 0.1) is 0 Å². The van der Waals surface area contributed by atoms with E-state index in [1.165, 1.54) is 0 Å². The Bertz CT molecular complexity index is 1360. The van der Waals surface area contributed by atoms with Gasteiger partial charge in [0.25, 0.3) is 0 Å². The van der Waals surface area contributed by atoms with Crippen LogP contribution in [0.4, 0.5) is 29.3 Å². The van der Waals surface area contributed by atoms with Crippen LogP contribution in [-0.2, 0) is 11.6 Å². The number of hydrogen-bond donors (Lipinski definition) is 3. The number of halogens is 4. The molecule has 4 aromatic rings. The molecule has 34 heavy (non-hydrogen) atoms. The topological polar surface area (TPSA) is 82.7 Å². The van der Waals surface area contributed by atoms with Gasteiger partial charge in [-0.25, -0.2) is 9.78 Å². The van der Waals surface area contributed by atoms with Gasteiger partial charge in [-0.3, -0.25) is 5.10 Å². The second-order valence-corrected chi connectivity index (χ2v) is 9.19. The first-order valence-electron chi connectivity index (χ1n) is 10.3. The van der Waals surface area contributed by atoms with E-state index in [4.69, 9.17) is 11.6 Å². The molecule has 0 saturated heterocycles. The number of urea groups is 1. The minimum absolute atomic E-state index is 0.00466. The Morgan fingerprint density at radius 1 is 1.00 bits per heavy atom. The molecule has 0 saturated carbocycles. The number of anilines is 2. The van der Waals surface area contributed by atoms with E-state index in [0.29, 0.717) is 11.3 Å². The van der Waals surface area contributed by atoms with Crippen LogP contribution in [0.25, 0.3) is 22.2 Å². The number of aromatic amines is 1. The number of carbonyl (C=O) groups is 1. The first kappa shape index (κ1) is 23.6. The Kier molecular flexibility index (Phi) is 5.99. The maximum Gasteiger partial charge on any atom is 0.416 e. The molecule has 2 aromatic heterocycles. The summed E-state index contributed by atoms with van der Waals surface area (Å²) in [6, 6.07) is 11.1. The van der Waals surface area contributed by atoms with Crippen LogP contribution in [0.2, 0.25) is 5.02 Å². The fraction of sp³-hybridized carbons (Fsp3) is 0.208. The highest BCUT2D eigenvalue weighted by atomic mass is 35.5. The summed E-state index contributed by atoms with van der Waals surface area (Å²) in [4.78, 5) is 17.0. The van der Waals surface area contributed by atoms with Crippen molar-refractivity contribution in [1.29, 1.82) is 0 Å². The number of aromatic nitrogens is 3. The van der Waals surface area contributed by atoms with E-state index in [1.807, 2.05) is 18.2 Å². The standard InChI is InChI=1S/C24H21ClF3N5O/c1-23(2,3)20-11-16(17-12-29-33-21(17)32-20)13-4-7-15(8-5-13)30-22(34)31-19-10-14(24(26,27)28)6-9-18(19)25/h4-12H,1-3H3,(H,29,32,33)(H2,30,31,34). The largest absolute Gasteiger partial charge is 0.416 e. The monoisotopic (exact) mass is 487 g/mol. The van der Waals surface area contributed by atoms with Gasteiger partial charge in [0.1, 0.15) is 0 Å². The lowest BCUT2D eigenvalue weighted by atomic mass is 9.89. The van der Waals surface area contributed by atoms with Crippen molar-refractivity contribution in [2.45, 2.75) is 32.4 Å². The van der Waals surface area contributed by atoms with E-state index in [-0.39, 0.29) is 16.1 Å². The molecular weight excluding hydrogens is 467 g/mol. The molecule has 6 nitrogen and oxygen atoms in total. The molecule has 0 aliphatic carbocycles. The van der Waals surface area contributed by atoms with Gasteiger partial charge < -0.3 is 10.6 Å². The molecule has 4 rings (SSSR count). The van der Waals surface area contributed by atoms with Gasteiger partial charge in [-0.15, -0.1) is 0 Å². The van der Waals surface area contributed by atoms with Gasteiger partial charge in [-0.1, -0.05) is 44.5 Å². The number of hydrogen-bond acceptors (Lipinski definition) is 3. The first-order valence-corrected chi connectivity index (χ1v) is 10.7. The number of benzene rings is 2. The lowest BCUT2D eigenvalue weighted by Crippen LogP contribution is -2.20. The van der Waals surface area contributed by atoms with Crippen LogP contribution < -0.4 is 10.6 Å². The smallest absolute Gasteiger partial charge is 0.308 e. The third kappa shape index (κ3) is 4.99. The molecule has 2 amide bonds. The Morgan fingerprint density at radius 3 is 2.35 bits per heavy atom. The predicted octanol–water partition coefficient (Wildman–Crippen LogP) is 7.24. The molecule has 2 aromatic carbocycles. The number of fused-ring (bicyclic) bond motifs is 1.